The predicted molar refractivity (Wildman–Crippen MR) is 34.6 cm³/mol. The third-order valence-corrected chi connectivity index (χ3v) is 2.20. The van der Waals surface area contributed by atoms with Crippen LogP contribution in [0.4, 0.5) is 0 Å². The number of hydrogen-bond donors (Lipinski definition) is 1. The van der Waals surface area contributed by atoms with Crippen LogP contribution in [0.1, 0.15) is 26.2 Å². The first kappa shape index (κ1) is 7.25. The summed E-state index contributed by atoms with van der Waals surface area (Å²) < 4.78 is 0. The molecule has 56 valence electrons. The summed E-state index contributed by atoms with van der Waals surface area (Å²) in [7, 11) is 0. The van der Waals surface area contributed by atoms with Gasteiger partial charge in [-0.1, -0.05) is 13.3 Å². The van der Waals surface area contributed by atoms with E-state index in [0.717, 1.165) is 19.3 Å². The van der Waals surface area contributed by atoms with Crippen LogP contribution in [0.3, 0.4) is 0 Å². The van der Waals surface area contributed by atoms with Gasteiger partial charge in [0.05, 0.1) is 0 Å². The van der Waals surface area contributed by atoms with E-state index in [1.54, 1.807) is 6.92 Å². The molecule has 1 fully saturated rings. The summed E-state index contributed by atoms with van der Waals surface area (Å²) in [6, 6.07) is 0. The van der Waals surface area contributed by atoms with E-state index in [4.69, 9.17) is 5.11 Å². The van der Waals surface area contributed by atoms with Gasteiger partial charge in [0.2, 0.25) is 5.78 Å². The van der Waals surface area contributed by atoms with E-state index in [1.807, 2.05) is 0 Å². The first-order chi connectivity index (χ1) is 4.56. The fourth-order valence-corrected chi connectivity index (χ4v) is 1.19. The summed E-state index contributed by atoms with van der Waals surface area (Å²) >= 11 is 0. The normalized spacial score (nSPS) is 21.3. The molecular weight excluding hydrogens is 132 g/mol. The van der Waals surface area contributed by atoms with Crippen molar-refractivity contribution in [1.29, 1.82) is 0 Å². The third kappa shape index (κ3) is 0.916. The highest BCUT2D eigenvalue weighted by Gasteiger charge is 2.42. The van der Waals surface area contributed by atoms with Crippen molar-refractivity contribution < 1.29 is 14.7 Å². The summed E-state index contributed by atoms with van der Waals surface area (Å²) in [5.74, 6) is -1.92. The maximum atomic E-state index is 10.8. The molecule has 0 aromatic rings. The molecule has 10 heavy (non-hydrogen) atoms. The Kier molecular flexibility index (Phi) is 1.50. The third-order valence-electron chi connectivity index (χ3n) is 2.20. The summed E-state index contributed by atoms with van der Waals surface area (Å²) in [5.41, 5.74) is -0.536. The lowest BCUT2D eigenvalue weighted by molar-refractivity contribution is -0.156. The molecule has 0 amide bonds. The number of ketones is 1. The van der Waals surface area contributed by atoms with Gasteiger partial charge in [-0.3, -0.25) is 4.79 Å². The van der Waals surface area contributed by atoms with E-state index >= 15 is 0 Å². The van der Waals surface area contributed by atoms with E-state index in [0.29, 0.717) is 0 Å². The van der Waals surface area contributed by atoms with Gasteiger partial charge < -0.3 is 5.11 Å². The number of carboxylic acids is 1. The van der Waals surface area contributed by atoms with Gasteiger partial charge in [0.25, 0.3) is 0 Å². The van der Waals surface area contributed by atoms with E-state index in [9.17, 15) is 9.59 Å². The Labute approximate surface area is 59.0 Å². The lowest BCUT2D eigenvalue weighted by Crippen LogP contribution is -2.39. The maximum Gasteiger partial charge on any atom is 0.372 e. The highest BCUT2D eigenvalue weighted by molar-refractivity contribution is 6.34. The summed E-state index contributed by atoms with van der Waals surface area (Å²) in [5, 5.41) is 8.33. The second-order valence-electron chi connectivity index (χ2n) is 3.05. The summed E-state index contributed by atoms with van der Waals surface area (Å²) in [4.78, 5) is 21.0. The van der Waals surface area contributed by atoms with Gasteiger partial charge in [-0.2, -0.15) is 0 Å². The molecule has 0 aromatic carbocycles. The Hall–Kier alpha value is -0.860. The molecule has 0 aliphatic heterocycles. The first-order valence-electron chi connectivity index (χ1n) is 3.34. The monoisotopic (exact) mass is 142 g/mol. The van der Waals surface area contributed by atoms with Crippen LogP contribution in [0.15, 0.2) is 0 Å². The molecule has 1 saturated carbocycles. The average Bonchev–Trinajstić information content (AvgIpc) is 1.81. The molecule has 0 unspecified atom stereocenters. The second kappa shape index (κ2) is 2.08. The van der Waals surface area contributed by atoms with Crippen LogP contribution in [0.5, 0.6) is 0 Å². The molecule has 1 aliphatic carbocycles. The van der Waals surface area contributed by atoms with Gasteiger partial charge in [0.15, 0.2) is 0 Å². The van der Waals surface area contributed by atoms with Crippen molar-refractivity contribution in [3.05, 3.63) is 0 Å². The smallest absolute Gasteiger partial charge is 0.372 e. The standard InChI is InChI=1S/C7H10O3/c1-7(3-2-4-7)5(8)6(9)10/h2-4H2,1H3,(H,9,10). The number of rotatable bonds is 2. The van der Waals surface area contributed by atoms with E-state index in [-0.39, 0.29) is 0 Å². The molecule has 0 aromatic heterocycles. The van der Waals surface area contributed by atoms with Crippen LogP contribution >= 0.6 is 0 Å². The largest absolute Gasteiger partial charge is 0.475 e. The second-order valence-corrected chi connectivity index (χ2v) is 3.05. The van der Waals surface area contributed by atoms with Crippen molar-refractivity contribution in [1.82, 2.24) is 0 Å². The molecule has 1 aliphatic rings. The molecule has 1 rings (SSSR count). The molecule has 0 bridgehead atoms. The topological polar surface area (TPSA) is 54.4 Å². The minimum Gasteiger partial charge on any atom is -0.475 e. The van der Waals surface area contributed by atoms with Gasteiger partial charge in [-0.05, 0) is 12.8 Å². The van der Waals surface area contributed by atoms with Crippen LogP contribution in [-0.2, 0) is 9.59 Å². The van der Waals surface area contributed by atoms with Crippen molar-refractivity contribution in [2.24, 2.45) is 5.41 Å². The zero-order valence-corrected chi connectivity index (χ0v) is 5.89. The van der Waals surface area contributed by atoms with E-state index in [1.165, 1.54) is 0 Å². The quantitative estimate of drug-likeness (QED) is 0.581. The van der Waals surface area contributed by atoms with Crippen LogP contribution in [0.25, 0.3) is 0 Å². The summed E-state index contributed by atoms with van der Waals surface area (Å²) in [6.07, 6.45) is 2.45. The minimum atomic E-state index is -1.29. The summed E-state index contributed by atoms with van der Waals surface area (Å²) in [6.45, 7) is 1.72. The van der Waals surface area contributed by atoms with Gasteiger partial charge in [0.1, 0.15) is 0 Å². The molecule has 1 N–H and O–H groups in total. The van der Waals surface area contributed by atoms with Gasteiger partial charge >= 0.3 is 5.97 Å². The van der Waals surface area contributed by atoms with Crippen molar-refractivity contribution in [3.8, 4) is 0 Å². The zero-order chi connectivity index (χ0) is 7.78. The minimum absolute atomic E-state index is 0.536. The Morgan fingerprint density at radius 3 is 2.00 bits per heavy atom. The highest BCUT2D eigenvalue weighted by atomic mass is 16.4. The van der Waals surface area contributed by atoms with Gasteiger partial charge in [-0.25, -0.2) is 4.79 Å². The average molecular weight is 142 g/mol. The zero-order valence-electron chi connectivity index (χ0n) is 5.89. The maximum absolute atomic E-state index is 10.8. The first-order valence-corrected chi connectivity index (χ1v) is 3.34. The Morgan fingerprint density at radius 1 is 1.40 bits per heavy atom. The van der Waals surface area contributed by atoms with Crippen LogP contribution in [0.2, 0.25) is 0 Å². The van der Waals surface area contributed by atoms with Crippen LogP contribution in [-0.4, -0.2) is 16.9 Å². The molecule has 0 atom stereocenters. The molecular formula is C7H10O3. The molecule has 0 spiro atoms. The molecule has 0 heterocycles. The van der Waals surface area contributed by atoms with E-state index < -0.39 is 17.2 Å². The van der Waals surface area contributed by atoms with Crippen LogP contribution in [0, 0.1) is 5.41 Å². The SMILES string of the molecule is CC1(C(=O)C(=O)O)CCC1. The highest BCUT2D eigenvalue weighted by Crippen LogP contribution is 2.40. The fourth-order valence-electron chi connectivity index (χ4n) is 1.19. The number of carboxylic acid groups (broad SMARTS) is 1. The Balaban J connectivity index is 2.64. The lowest BCUT2D eigenvalue weighted by Gasteiger charge is -2.34. The van der Waals surface area contributed by atoms with Gasteiger partial charge in [0, 0.05) is 5.41 Å². The lowest BCUT2D eigenvalue weighted by atomic mass is 9.67. The van der Waals surface area contributed by atoms with Crippen molar-refractivity contribution in [2.75, 3.05) is 0 Å². The molecule has 3 nitrogen and oxygen atoms in total. The molecule has 0 radical (unpaired) electrons. The number of aliphatic carboxylic acids is 1. The fraction of sp³-hybridized carbons (Fsp3) is 0.714. The number of hydrogen-bond acceptors (Lipinski definition) is 2. The van der Waals surface area contributed by atoms with E-state index in [2.05, 4.69) is 0 Å². The van der Waals surface area contributed by atoms with Gasteiger partial charge in [-0.15, -0.1) is 0 Å². The van der Waals surface area contributed by atoms with Crippen molar-refractivity contribution in [2.45, 2.75) is 26.2 Å². The van der Waals surface area contributed by atoms with Crippen molar-refractivity contribution >= 4 is 11.8 Å². The number of carbonyl (C=O) groups excluding carboxylic acids is 1. The Bertz CT molecular complexity index is 179. The molecule has 3 heteroatoms. The predicted octanol–water partition coefficient (Wildman–Crippen LogP) is 0.830. The number of Topliss-reactive ketones (excluding diaryl/α,β-unsaturated/α-hetero) is 1. The van der Waals surface area contributed by atoms with Crippen molar-refractivity contribution in [3.63, 3.8) is 0 Å². The molecule has 0 saturated heterocycles. The van der Waals surface area contributed by atoms with Crippen LogP contribution < -0.4 is 0 Å². The number of carbonyl (C=O) groups is 2. The Morgan fingerprint density at radius 2 is 1.90 bits per heavy atom.